The van der Waals surface area contributed by atoms with Crippen LogP contribution in [0.3, 0.4) is 0 Å². The molecule has 152 valence electrons. The maximum Gasteiger partial charge on any atom is 0.222 e. The highest BCUT2D eigenvalue weighted by molar-refractivity contribution is 7.98. The third kappa shape index (κ3) is 5.33. The van der Waals surface area contributed by atoms with Crippen LogP contribution in [0.25, 0.3) is 0 Å². The Hall–Kier alpha value is -1.90. The predicted octanol–water partition coefficient (Wildman–Crippen LogP) is 2.27. The van der Waals surface area contributed by atoms with Gasteiger partial charge in [-0.3, -0.25) is 9.69 Å². The van der Waals surface area contributed by atoms with E-state index in [0.717, 1.165) is 44.2 Å². The van der Waals surface area contributed by atoms with Crippen LogP contribution in [0, 0.1) is 0 Å². The zero-order valence-electron chi connectivity index (χ0n) is 16.9. The number of carbonyl (C=O) groups excluding carboxylic acids is 1. The van der Waals surface area contributed by atoms with Gasteiger partial charge in [0, 0.05) is 51.0 Å². The van der Waals surface area contributed by atoms with Crippen molar-refractivity contribution in [2.75, 3.05) is 33.1 Å². The second-order valence-electron chi connectivity index (χ2n) is 7.03. The molecule has 1 aliphatic rings. The van der Waals surface area contributed by atoms with Crippen LogP contribution in [0.2, 0.25) is 0 Å². The fraction of sp³-hybridized carbons (Fsp3) is 0.550. The van der Waals surface area contributed by atoms with Gasteiger partial charge in [-0.2, -0.15) is 0 Å². The van der Waals surface area contributed by atoms with E-state index in [2.05, 4.69) is 55.5 Å². The van der Waals surface area contributed by atoms with Crippen LogP contribution in [0.4, 0.5) is 0 Å². The summed E-state index contributed by atoms with van der Waals surface area (Å²) in [5, 5.41) is 11.7. The lowest BCUT2D eigenvalue weighted by atomic mass is 10.2. The topological polar surface area (TPSA) is 72.3 Å². The van der Waals surface area contributed by atoms with Crippen LogP contribution in [0.15, 0.2) is 29.2 Å². The number of thioether (sulfide) groups is 1. The molecule has 2 heterocycles. The van der Waals surface area contributed by atoms with Crippen LogP contribution >= 0.6 is 11.8 Å². The first-order chi connectivity index (χ1) is 13.6. The van der Waals surface area contributed by atoms with E-state index in [4.69, 9.17) is 4.74 Å². The Kier molecular flexibility index (Phi) is 7.47. The van der Waals surface area contributed by atoms with Gasteiger partial charge in [0.25, 0.3) is 0 Å². The Morgan fingerprint density at radius 2 is 2.04 bits per heavy atom. The van der Waals surface area contributed by atoms with Crippen LogP contribution in [-0.4, -0.2) is 58.6 Å². The molecule has 1 amide bonds. The van der Waals surface area contributed by atoms with Crippen LogP contribution in [0.5, 0.6) is 0 Å². The molecule has 1 N–H and O–H groups in total. The first-order valence-electron chi connectivity index (χ1n) is 9.66. The fourth-order valence-electron chi connectivity index (χ4n) is 3.43. The molecule has 1 atom stereocenters. The average Bonchev–Trinajstić information content (AvgIpc) is 3.02. The number of rotatable bonds is 8. The summed E-state index contributed by atoms with van der Waals surface area (Å²) in [7, 11) is 1.60. The fourth-order valence-corrected chi connectivity index (χ4v) is 3.84. The van der Waals surface area contributed by atoms with E-state index >= 15 is 0 Å². The number of hydrogen-bond donors (Lipinski definition) is 1. The molecule has 7 nitrogen and oxygen atoms in total. The predicted molar refractivity (Wildman–Crippen MR) is 110 cm³/mol. The van der Waals surface area contributed by atoms with Crippen molar-refractivity contribution in [1.82, 2.24) is 25.0 Å². The number of methoxy groups -OCH3 is 1. The van der Waals surface area contributed by atoms with E-state index in [0.29, 0.717) is 13.0 Å². The van der Waals surface area contributed by atoms with Gasteiger partial charge in [0.2, 0.25) is 5.91 Å². The summed E-state index contributed by atoms with van der Waals surface area (Å²) in [5.74, 6) is 1.79. The number of aromatic nitrogens is 3. The molecule has 3 rings (SSSR count). The Labute approximate surface area is 170 Å². The van der Waals surface area contributed by atoms with E-state index in [1.54, 1.807) is 18.9 Å². The Morgan fingerprint density at radius 3 is 2.75 bits per heavy atom. The van der Waals surface area contributed by atoms with Crippen LogP contribution in [0.1, 0.15) is 36.6 Å². The van der Waals surface area contributed by atoms with Gasteiger partial charge in [-0.15, -0.1) is 22.0 Å². The van der Waals surface area contributed by atoms with E-state index in [-0.39, 0.29) is 11.9 Å². The lowest BCUT2D eigenvalue weighted by Gasteiger charge is -2.20. The molecule has 2 aromatic rings. The van der Waals surface area contributed by atoms with Crippen LogP contribution < -0.4 is 5.32 Å². The quantitative estimate of drug-likeness (QED) is 0.682. The summed E-state index contributed by atoms with van der Waals surface area (Å²) in [6, 6.07) is 8.61. The number of benzene rings is 1. The molecule has 0 spiro atoms. The van der Waals surface area contributed by atoms with Crippen molar-refractivity contribution in [3.63, 3.8) is 0 Å². The number of carbonyl (C=O) groups is 1. The maximum absolute atomic E-state index is 12.0. The van der Waals surface area contributed by atoms with Crippen molar-refractivity contribution in [3.05, 3.63) is 41.5 Å². The number of nitrogens with one attached hydrogen (secondary N) is 1. The highest BCUT2D eigenvalue weighted by atomic mass is 32.2. The van der Waals surface area contributed by atoms with Gasteiger partial charge in [-0.1, -0.05) is 12.1 Å². The normalized spacial score (nSPS) is 15.7. The van der Waals surface area contributed by atoms with Crippen LogP contribution in [-0.2, 0) is 29.0 Å². The van der Waals surface area contributed by atoms with Gasteiger partial charge in [0.1, 0.15) is 5.82 Å². The molecule has 0 unspecified atom stereocenters. The molecular formula is C20H29N5O2S. The molecule has 28 heavy (non-hydrogen) atoms. The second-order valence-corrected chi connectivity index (χ2v) is 7.91. The summed E-state index contributed by atoms with van der Waals surface area (Å²) in [6.45, 7) is 6.04. The van der Waals surface area contributed by atoms with Crippen molar-refractivity contribution in [2.45, 2.75) is 43.8 Å². The van der Waals surface area contributed by atoms with Crippen molar-refractivity contribution >= 4 is 17.7 Å². The SMILES string of the molecule is COCCC(=O)N[C@H](C)c1nnc2n1CCN(Cc1ccc(SC)cc1)CC2. The van der Waals surface area contributed by atoms with Gasteiger partial charge in [0.05, 0.1) is 12.6 Å². The molecule has 1 aromatic carbocycles. The number of hydrogen-bond acceptors (Lipinski definition) is 6. The van der Waals surface area contributed by atoms with Gasteiger partial charge >= 0.3 is 0 Å². The summed E-state index contributed by atoms with van der Waals surface area (Å²) in [6.07, 6.45) is 3.31. The Morgan fingerprint density at radius 1 is 1.25 bits per heavy atom. The smallest absolute Gasteiger partial charge is 0.222 e. The molecule has 0 aliphatic carbocycles. The lowest BCUT2D eigenvalue weighted by Crippen LogP contribution is -2.30. The van der Waals surface area contributed by atoms with Gasteiger partial charge in [0.15, 0.2) is 5.82 Å². The first-order valence-corrected chi connectivity index (χ1v) is 10.9. The largest absolute Gasteiger partial charge is 0.384 e. The molecule has 8 heteroatoms. The number of amides is 1. The molecule has 0 saturated heterocycles. The van der Waals surface area contributed by atoms with Crippen molar-refractivity contribution in [1.29, 1.82) is 0 Å². The minimum absolute atomic E-state index is 0.0318. The van der Waals surface area contributed by atoms with Crippen molar-refractivity contribution in [2.24, 2.45) is 0 Å². The van der Waals surface area contributed by atoms with Gasteiger partial charge < -0.3 is 14.6 Å². The molecular weight excluding hydrogens is 374 g/mol. The summed E-state index contributed by atoms with van der Waals surface area (Å²) < 4.78 is 7.13. The molecule has 1 aromatic heterocycles. The third-order valence-corrected chi connectivity index (χ3v) is 5.75. The Balaban J connectivity index is 1.60. The van der Waals surface area contributed by atoms with Gasteiger partial charge in [-0.05, 0) is 30.9 Å². The summed E-state index contributed by atoms with van der Waals surface area (Å²) in [5.41, 5.74) is 1.33. The minimum Gasteiger partial charge on any atom is -0.384 e. The first kappa shape index (κ1) is 20.8. The summed E-state index contributed by atoms with van der Waals surface area (Å²) >= 11 is 1.76. The number of ether oxygens (including phenoxy) is 1. The van der Waals surface area contributed by atoms with E-state index in [1.165, 1.54) is 10.5 Å². The second kappa shape index (κ2) is 10.0. The van der Waals surface area contributed by atoms with Crippen molar-refractivity contribution in [3.8, 4) is 0 Å². The monoisotopic (exact) mass is 403 g/mol. The number of nitrogens with zero attached hydrogens (tertiary/aromatic N) is 4. The van der Waals surface area contributed by atoms with E-state index in [9.17, 15) is 4.79 Å². The van der Waals surface area contributed by atoms with E-state index in [1.807, 2.05) is 6.92 Å². The minimum atomic E-state index is -0.170. The average molecular weight is 404 g/mol. The highest BCUT2D eigenvalue weighted by Crippen LogP contribution is 2.19. The van der Waals surface area contributed by atoms with Crippen molar-refractivity contribution < 1.29 is 9.53 Å². The molecule has 0 bridgehead atoms. The lowest BCUT2D eigenvalue weighted by molar-refractivity contribution is -0.122. The zero-order valence-corrected chi connectivity index (χ0v) is 17.7. The molecule has 0 fully saturated rings. The molecule has 1 aliphatic heterocycles. The maximum atomic E-state index is 12.0. The van der Waals surface area contributed by atoms with Gasteiger partial charge in [-0.25, -0.2) is 0 Å². The summed E-state index contributed by atoms with van der Waals surface area (Å²) in [4.78, 5) is 15.7. The molecule has 0 radical (unpaired) electrons. The Bertz CT molecular complexity index is 777. The third-order valence-electron chi connectivity index (χ3n) is 5.01. The standard InChI is InChI=1S/C20H29N5O2S/c1-15(21-19(26)9-13-27-2)20-23-22-18-8-10-24(11-12-25(18)20)14-16-4-6-17(28-3)7-5-16/h4-7,15H,8-14H2,1-3H3,(H,21,26)/t15-/m1/s1. The number of fused-ring (bicyclic) bond motifs is 1. The highest BCUT2D eigenvalue weighted by Gasteiger charge is 2.22. The molecule has 0 saturated carbocycles. The zero-order chi connectivity index (χ0) is 19.9. The van der Waals surface area contributed by atoms with E-state index < -0.39 is 0 Å².